The van der Waals surface area contributed by atoms with Crippen molar-refractivity contribution in [1.82, 2.24) is 9.55 Å². The van der Waals surface area contributed by atoms with Gasteiger partial charge in [-0.15, -0.1) is 0 Å². The molecule has 0 spiro atoms. The Balaban J connectivity index is 1.23. The van der Waals surface area contributed by atoms with Crippen LogP contribution in [0.4, 0.5) is 17.1 Å². The highest BCUT2D eigenvalue weighted by Crippen LogP contribution is 2.38. The molecular formula is C28H26N4O2. The van der Waals surface area contributed by atoms with E-state index in [1.165, 1.54) is 11.3 Å². The van der Waals surface area contributed by atoms with E-state index in [-0.39, 0.29) is 23.9 Å². The minimum atomic E-state index is -0.0790. The van der Waals surface area contributed by atoms with Gasteiger partial charge in [0.15, 0.2) is 0 Å². The van der Waals surface area contributed by atoms with E-state index in [1.807, 2.05) is 59.2 Å². The maximum atomic E-state index is 13.1. The second-order valence-corrected chi connectivity index (χ2v) is 9.05. The lowest BCUT2D eigenvalue weighted by molar-refractivity contribution is -0.116. The van der Waals surface area contributed by atoms with E-state index in [2.05, 4.69) is 28.4 Å². The van der Waals surface area contributed by atoms with Crippen molar-refractivity contribution in [2.24, 2.45) is 0 Å². The van der Waals surface area contributed by atoms with Crippen LogP contribution in [-0.4, -0.2) is 22.0 Å². The molecule has 1 aliphatic heterocycles. The molecule has 1 saturated carbocycles. The number of carbonyl (C=O) groups is 1. The fourth-order valence-electron chi connectivity index (χ4n) is 4.92. The van der Waals surface area contributed by atoms with Crippen LogP contribution in [0.15, 0.2) is 77.6 Å². The number of amides is 1. The molecule has 6 nitrogen and oxygen atoms in total. The average molecular weight is 451 g/mol. The predicted octanol–water partition coefficient (Wildman–Crippen LogP) is 5.00. The maximum Gasteiger partial charge on any atom is 0.261 e. The summed E-state index contributed by atoms with van der Waals surface area (Å²) in [6, 6.07) is 24.0. The quantitative estimate of drug-likeness (QED) is 0.449. The lowest BCUT2D eigenvalue weighted by atomic mass is 10.1. The molecule has 1 aromatic heterocycles. The number of anilines is 3. The van der Waals surface area contributed by atoms with Crippen LogP contribution in [0.25, 0.3) is 10.9 Å². The molecule has 6 heteroatoms. The van der Waals surface area contributed by atoms with Crippen molar-refractivity contribution >= 4 is 33.9 Å². The normalized spacial score (nSPS) is 14.9. The van der Waals surface area contributed by atoms with Gasteiger partial charge in [-0.25, -0.2) is 4.98 Å². The standard InChI is InChI=1S/C28H26N4O2/c33-27(16-15-26-29-22-9-3-2-8-21(22)28(34)32(26)20-13-14-20)30-23-10-4-6-12-25(23)31-18-17-19-7-1-5-11-24(19)31/h1-12,20H,13-18H2,(H,30,33). The van der Waals surface area contributed by atoms with Crippen LogP contribution in [0.2, 0.25) is 0 Å². The molecule has 34 heavy (non-hydrogen) atoms. The van der Waals surface area contributed by atoms with E-state index in [0.717, 1.165) is 37.2 Å². The number of benzene rings is 3. The van der Waals surface area contributed by atoms with E-state index < -0.39 is 0 Å². The smallest absolute Gasteiger partial charge is 0.261 e. The fraction of sp³-hybridized carbons (Fsp3) is 0.250. The second-order valence-electron chi connectivity index (χ2n) is 9.05. The number of rotatable bonds is 6. The minimum absolute atomic E-state index is 0.00144. The third kappa shape index (κ3) is 3.75. The molecule has 170 valence electrons. The number of aryl methyl sites for hydroxylation is 1. The first-order valence-corrected chi connectivity index (χ1v) is 11.9. The van der Waals surface area contributed by atoms with Gasteiger partial charge in [0.05, 0.1) is 22.3 Å². The average Bonchev–Trinajstić information content (AvgIpc) is 3.61. The molecule has 2 heterocycles. The zero-order chi connectivity index (χ0) is 23.1. The Kier molecular flexibility index (Phi) is 5.13. The minimum Gasteiger partial charge on any atom is -0.339 e. The highest BCUT2D eigenvalue weighted by atomic mass is 16.1. The fourth-order valence-corrected chi connectivity index (χ4v) is 4.92. The molecular weight excluding hydrogens is 424 g/mol. The molecule has 3 aromatic carbocycles. The summed E-state index contributed by atoms with van der Waals surface area (Å²) in [7, 11) is 0. The first kappa shape index (κ1) is 20.7. The van der Waals surface area contributed by atoms with E-state index >= 15 is 0 Å². The van der Waals surface area contributed by atoms with Crippen molar-refractivity contribution in [3.05, 3.63) is 94.5 Å². The predicted molar refractivity (Wildman–Crippen MR) is 135 cm³/mol. The van der Waals surface area contributed by atoms with E-state index in [9.17, 15) is 9.59 Å². The van der Waals surface area contributed by atoms with Gasteiger partial charge in [0.25, 0.3) is 5.56 Å². The van der Waals surface area contributed by atoms with Crippen molar-refractivity contribution in [3.8, 4) is 0 Å². The molecule has 1 aliphatic carbocycles. The summed E-state index contributed by atoms with van der Waals surface area (Å²) in [4.78, 5) is 33.1. The van der Waals surface area contributed by atoms with E-state index in [1.54, 1.807) is 0 Å². The van der Waals surface area contributed by atoms with Crippen molar-refractivity contribution in [1.29, 1.82) is 0 Å². The van der Waals surface area contributed by atoms with Crippen molar-refractivity contribution in [2.45, 2.75) is 38.1 Å². The van der Waals surface area contributed by atoms with Gasteiger partial charge in [-0.1, -0.05) is 42.5 Å². The number of nitrogens with zero attached hydrogens (tertiary/aromatic N) is 3. The largest absolute Gasteiger partial charge is 0.339 e. The van der Waals surface area contributed by atoms with Crippen molar-refractivity contribution in [3.63, 3.8) is 0 Å². The summed E-state index contributed by atoms with van der Waals surface area (Å²) < 4.78 is 1.81. The van der Waals surface area contributed by atoms with Crippen LogP contribution in [0, 0.1) is 0 Å². The van der Waals surface area contributed by atoms with Crippen molar-refractivity contribution < 1.29 is 4.79 Å². The van der Waals surface area contributed by atoms with Crippen LogP contribution in [0.3, 0.4) is 0 Å². The third-order valence-electron chi connectivity index (χ3n) is 6.72. The summed E-state index contributed by atoms with van der Waals surface area (Å²) in [5, 5.41) is 3.75. The lowest BCUT2D eigenvalue weighted by Crippen LogP contribution is -2.26. The highest BCUT2D eigenvalue weighted by molar-refractivity contribution is 5.95. The summed E-state index contributed by atoms with van der Waals surface area (Å²) >= 11 is 0. The summed E-state index contributed by atoms with van der Waals surface area (Å²) in [5.74, 6) is 0.618. The van der Waals surface area contributed by atoms with Gasteiger partial charge in [0, 0.05) is 31.1 Å². The zero-order valence-corrected chi connectivity index (χ0v) is 18.9. The second kappa shape index (κ2) is 8.45. The van der Waals surface area contributed by atoms with Crippen LogP contribution >= 0.6 is 0 Å². The van der Waals surface area contributed by atoms with E-state index in [0.29, 0.717) is 23.1 Å². The molecule has 0 saturated heterocycles. The summed E-state index contributed by atoms with van der Waals surface area (Å²) in [6.07, 6.45) is 3.66. The zero-order valence-electron chi connectivity index (χ0n) is 18.9. The van der Waals surface area contributed by atoms with Gasteiger partial charge >= 0.3 is 0 Å². The molecule has 1 fully saturated rings. The Morgan fingerprint density at radius 3 is 2.53 bits per heavy atom. The molecule has 6 rings (SSSR count). The monoisotopic (exact) mass is 450 g/mol. The van der Waals surface area contributed by atoms with Crippen LogP contribution in [-0.2, 0) is 17.6 Å². The van der Waals surface area contributed by atoms with Crippen LogP contribution in [0.5, 0.6) is 0 Å². The molecule has 4 aromatic rings. The SMILES string of the molecule is O=C(CCc1nc2ccccc2c(=O)n1C1CC1)Nc1ccccc1N1CCc2ccccc21. The van der Waals surface area contributed by atoms with Gasteiger partial charge in [-0.05, 0) is 55.2 Å². The molecule has 0 bridgehead atoms. The Labute approximate surface area is 197 Å². The van der Waals surface area contributed by atoms with Crippen molar-refractivity contribution in [2.75, 3.05) is 16.8 Å². The number of fused-ring (bicyclic) bond motifs is 2. The number of carbonyl (C=O) groups excluding carboxylic acids is 1. The highest BCUT2D eigenvalue weighted by Gasteiger charge is 2.28. The van der Waals surface area contributed by atoms with Crippen LogP contribution < -0.4 is 15.8 Å². The van der Waals surface area contributed by atoms with E-state index in [4.69, 9.17) is 4.98 Å². The molecule has 0 atom stereocenters. The number of para-hydroxylation sites is 4. The summed E-state index contributed by atoms with van der Waals surface area (Å²) in [5.41, 5.74) is 5.01. The molecule has 2 aliphatic rings. The first-order valence-electron chi connectivity index (χ1n) is 11.9. The van der Waals surface area contributed by atoms with Gasteiger partial charge < -0.3 is 10.2 Å². The molecule has 0 radical (unpaired) electrons. The number of hydrogen-bond donors (Lipinski definition) is 1. The van der Waals surface area contributed by atoms with Gasteiger partial charge in [-0.3, -0.25) is 14.2 Å². The Hall–Kier alpha value is -3.93. The van der Waals surface area contributed by atoms with Crippen LogP contribution in [0.1, 0.15) is 36.7 Å². The Morgan fingerprint density at radius 2 is 1.68 bits per heavy atom. The summed E-state index contributed by atoms with van der Waals surface area (Å²) in [6.45, 7) is 0.890. The number of nitrogens with one attached hydrogen (secondary N) is 1. The maximum absolute atomic E-state index is 13.1. The first-order chi connectivity index (χ1) is 16.7. The third-order valence-corrected chi connectivity index (χ3v) is 6.72. The number of hydrogen-bond acceptors (Lipinski definition) is 4. The van der Waals surface area contributed by atoms with Gasteiger partial charge in [0.2, 0.25) is 5.91 Å². The number of aromatic nitrogens is 2. The Bertz CT molecular complexity index is 1450. The topological polar surface area (TPSA) is 67.2 Å². The van der Waals surface area contributed by atoms with Gasteiger partial charge in [-0.2, -0.15) is 0 Å². The molecule has 0 unspecified atom stereocenters. The Morgan fingerprint density at radius 1 is 0.941 bits per heavy atom. The van der Waals surface area contributed by atoms with Gasteiger partial charge in [0.1, 0.15) is 5.82 Å². The molecule has 1 N–H and O–H groups in total. The molecule has 1 amide bonds. The lowest BCUT2D eigenvalue weighted by Gasteiger charge is -2.23.